The average molecular weight is 212 g/mol. The van der Waals surface area contributed by atoms with Gasteiger partial charge in [0.25, 0.3) is 0 Å². The van der Waals surface area contributed by atoms with Crippen LogP contribution in [0.4, 0.5) is 0 Å². The van der Waals surface area contributed by atoms with Crippen LogP contribution >= 0.6 is 0 Å². The summed E-state index contributed by atoms with van der Waals surface area (Å²) >= 11 is 0. The molecule has 3 nitrogen and oxygen atoms in total. The Bertz CT molecular complexity index is 185. The summed E-state index contributed by atoms with van der Waals surface area (Å²) < 4.78 is 5.36. The highest BCUT2D eigenvalue weighted by atomic mass is 16.5. The number of nitrogens with one attached hydrogen (secondary N) is 1. The van der Waals surface area contributed by atoms with Crippen LogP contribution < -0.4 is 5.32 Å². The van der Waals surface area contributed by atoms with Crippen molar-refractivity contribution in [3.05, 3.63) is 0 Å². The maximum absolute atomic E-state index is 8.80. The topological polar surface area (TPSA) is 45.0 Å². The van der Waals surface area contributed by atoms with E-state index in [2.05, 4.69) is 18.3 Å². The average Bonchev–Trinajstić information content (AvgIpc) is 2.22. The molecule has 0 bridgehead atoms. The summed E-state index contributed by atoms with van der Waals surface area (Å²) in [5.41, 5.74) is -0.203. The van der Waals surface area contributed by atoms with Crippen molar-refractivity contribution in [2.45, 2.75) is 40.0 Å². The van der Waals surface area contributed by atoms with Crippen molar-refractivity contribution in [2.75, 3.05) is 26.3 Å². The molecule has 3 heteroatoms. The lowest BCUT2D eigenvalue weighted by molar-refractivity contribution is 0.132. The van der Waals surface area contributed by atoms with Crippen molar-refractivity contribution in [1.29, 1.82) is 5.26 Å². The first-order chi connectivity index (χ1) is 7.12. The first-order valence-electron chi connectivity index (χ1n) is 5.82. The molecule has 0 saturated heterocycles. The van der Waals surface area contributed by atoms with E-state index in [1.807, 2.05) is 13.8 Å². The van der Waals surface area contributed by atoms with Crippen LogP contribution in [-0.2, 0) is 4.74 Å². The lowest BCUT2D eigenvalue weighted by Gasteiger charge is -2.14. The van der Waals surface area contributed by atoms with Crippen molar-refractivity contribution in [1.82, 2.24) is 5.32 Å². The molecule has 0 unspecified atom stereocenters. The zero-order valence-corrected chi connectivity index (χ0v) is 10.3. The Balaban J connectivity index is 3.16. The zero-order chi connectivity index (χ0) is 11.6. The zero-order valence-electron chi connectivity index (χ0n) is 10.3. The second-order valence-electron chi connectivity index (χ2n) is 4.46. The van der Waals surface area contributed by atoms with Crippen LogP contribution in [0.2, 0.25) is 0 Å². The van der Waals surface area contributed by atoms with E-state index < -0.39 is 0 Å². The molecule has 15 heavy (non-hydrogen) atoms. The molecule has 0 spiro atoms. The van der Waals surface area contributed by atoms with Gasteiger partial charge in [0, 0.05) is 13.2 Å². The van der Waals surface area contributed by atoms with Gasteiger partial charge in [-0.15, -0.1) is 0 Å². The smallest absolute Gasteiger partial charge is 0.0684 e. The van der Waals surface area contributed by atoms with Crippen LogP contribution in [0.5, 0.6) is 0 Å². The predicted molar refractivity (Wildman–Crippen MR) is 62.6 cm³/mol. The highest BCUT2D eigenvalue weighted by Gasteiger charge is 2.14. The van der Waals surface area contributed by atoms with Crippen LogP contribution in [0.1, 0.15) is 40.0 Å². The van der Waals surface area contributed by atoms with Gasteiger partial charge >= 0.3 is 0 Å². The van der Waals surface area contributed by atoms with Crippen LogP contribution in [0.3, 0.4) is 0 Å². The minimum Gasteiger partial charge on any atom is -0.381 e. The lowest BCUT2D eigenvalue weighted by Crippen LogP contribution is -2.23. The van der Waals surface area contributed by atoms with E-state index in [0.717, 1.165) is 45.6 Å². The van der Waals surface area contributed by atoms with E-state index in [4.69, 9.17) is 10.00 Å². The normalized spacial score (nSPS) is 11.3. The highest BCUT2D eigenvalue weighted by Crippen LogP contribution is 2.16. The molecule has 0 saturated carbocycles. The SMILES string of the molecule is CCCOCCCNCCC(C)(C)C#N. The Morgan fingerprint density at radius 1 is 1.27 bits per heavy atom. The maximum Gasteiger partial charge on any atom is 0.0684 e. The van der Waals surface area contributed by atoms with Gasteiger partial charge in [0.1, 0.15) is 0 Å². The van der Waals surface area contributed by atoms with E-state index in [-0.39, 0.29) is 5.41 Å². The van der Waals surface area contributed by atoms with Crippen molar-refractivity contribution in [2.24, 2.45) is 5.41 Å². The van der Waals surface area contributed by atoms with Crippen LogP contribution in [0.25, 0.3) is 0 Å². The standard InChI is InChI=1S/C12H24N2O/c1-4-9-15-10-5-7-14-8-6-12(2,3)11-13/h14H,4-10H2,1-3H3. The number of hydrogen-bond acceptors (Lipinski definition) is 3. The fourth-order valence-corrected chi connectivity index (χ4v) is 1.13. The van der Waals surface area contributed by atoms with Crippen molar-refractivity contribution in [3.63, 3.8) is 0 Å². The molecule has 0 aliphatic heterocycles. The van der Waals surface area contributed by atoms with Gasteiger partial charge in [-0.05, 0) is 46.2 Å². The first kappa shape index (κ1) is 14.4. The van der Waals surface area contributed by atoms with E-state index in [9.17, 15) is 0 Å². The molecule has 0 heterocycles. The number of hydrogen-bond donors (Lipinski definition) is 1. The Kier molecular flexibility index (Phi) is 8.35. The van der Waals surface area contributed by atoms with Gasteiger partial charge in [0.05, 0.1) is 11.5 Å². The summed E-state index contributed by atoms with van der Waals surface area (Å²) in [4.78, 5) is 0. The molecule has 0 aromatic carbocycles. The van der Waals surface area contributed by atoms with Gasteiger partial charge in [-0.25, -0.2) is 0 Å². The van der Waals surface area contributed by atoms with E-state index in [0.29, 0.717) is 0 Å². The molecule has 0 fully saturated rings. The molecule has 0 aromatic heterocycles. The number of rotatable bonds is 9. The maximum atomic E-state index is 8.80. The minimum absolute atomic E-state index is 0.203. The molecule has 88 valence electrons. The summed E-state index contributed by atoms with van der Waals surface area (Å²) in [6, 6.07) is 2.30. The summed E-state index contributed by atoms with van der Waals surface area (Å²) in [5, 5.41) is 12.1. The van der Waals surface area contributed by atoms with Crippen LogP contribution in [-0.4, -0.2) is 26.3 Å². The van der Waals surface area contributed by atoms with E-state index >= 15 is 0 Å². The molecule has 0 aliphatic carbocycles. The minimum atomic E-state index is -0.203. The van der Waals surface area contributed by atoms with Crippen molar-refractivity contribution >= 4 is 0 Å². The fraction of sp³-hybridized carbons (Fsp3) is 0.917. The number of ether oxygens (including phenoxy) is 1. The van der Waals surface area contributed by atoms with E-state index in [1.165, 1.54) is 0 Å². The Morgan fingerprint density at radius 2 is 2.00 bits per heavy atom. The van der Waals surface area contributed by atoms with Gasteiger partial charge in [-0.3, -0.25) is 0 Å². The monoisotopic (exact) mass is 212 g/mol. The second-order valence-corrected chi connectivity index (χ2v) is 4.46. The van der Waals surface area contributed by atoms with Gasteiger partial charge in [-0.2, -0.15) is 5.26 Å². The van der Waals surface area contributed by atoms with Crippen LogP contribution in [0.15, 0.2) is 0 Å². The molecule has 0 aromatic rings. The third kappa shape index (κ3) is 9.71. The molecule has 0 atom stereocenters. The molecule has 0 rings (SSSR count). The summed E-state index contributed by atoms with van der Waals surface area (Å²) in [6.07, 6.45) is 3.04. The lowest BCUT2D eigenvalue weighted by atomic mass is 9.91. The number of nitriles is 1. The molecule has 0 radical (unpaired) electrons. The number of nitrogens with zero attached hydrogens (tertiary/aromatic N) is 1. The third-order valence-corrected chi connectivity index (χ3v) is 2.22. The Morgan fingerprint density at radius 3 is 2.60 bits per heavy atom. The van der Waals surface area contributed by atoms with Crippen LogP contribution in [0, 0.1) is 16.7 Å². The summed E-state index contributed by atoms with van der Waals surface area (Å²) in [6.45, 7) is 9.64. The molecular formula is C12H24N2O. The van der Waals surface area contributed by atoms with Crippen molar-refractivity contribution < 1.29 is 4.74 Å². The third-order valence-electron chi connectivity index (χ3n) is 2.22. The molecule has 1 N–H and O–H groups in total. The Labute approximate surface area is 93.8 Å². The molecular weight excluding hydrogens is 188 g/mol. The van der Waals surface area contributed by atoms with Gasteiger partial charge < -0.3 is 10.1 Å². The fourth-order valence-electron chi connectivity index (χ4n) is 1.13. The molecule has 0 aliphatic rings. The van der Waals surface area contributed by atoms with Crippen molar-refractivity contribution in [3.8, 4) is 6.07 Å². The van der Waals surface area contributed by atoms with Gasteiger partial charge in [-0.1, -0.05) is 6.92 Å². The Hall–Kier alpha value is -0.590. The van der Waals surface area contributed by atoms with E-state index in [1.54, 1.807) is 0 Å². The quantitative estimate of drug-likeness (QED) is 0.597. The highest BCUT2D eigenvalue weighted by molar-refractivity contribution is 4.91. The van der Waals surface area contributed by atoms with Gasteiger partial charge in [0.2, 0.25) is 0 Å². The largest absolute Gasteiger partial charge is 0.381 e. The summed E-state index contributed by atoms with van der Waals surface area (Å²) in [7, 11) is 0. The summed E-state index contributed by atoms with van der Waals surface area (Å²) in [5.74, 6) is 0. The second kappa shape index (κ2) is 8.70. The molecule has 0 amide bonds. The predicted octanol–water partition coefficient (Wildman–Crippen LogP) is 2.33. The van der Waals surface area contributed by atoms with Gasteiger partial charge in [0.15, 0.2) is 0 Å². The first-order valence-corrected chi connectivity index (χ1v) is 5.82.